The minimum atomic E-state index is 0.315. The van der Waals surface area contributed by atoms with Crippen molar-refractivity contribution in [3.8, 4) is 0 Å². The number of hydrogen-bond acceptors (Lipinski definition) is 2. The van der Waals surface area contributed by atoms with Crippen LogP contribution in [0.3, 0.4) is 0 Å². The van der Waals surface area contributed by atoms with Gasteiger partial charge in [0.25, 0.3) is 0 Å². The number of benzene rings is 1. The summed E-state index contributed by atoms with van der Waals surface area (Å²) in [6, 6.07) is 12.5. The second kappa shape index (κ2) is 5.87. The zero-order valence-corrected chi connectivity index (χ0v) is 12.9. The molecule has 1 heterocycles. The van der Waals surface area contributed by atoms with Crippen LogP contribution in [0.1, 0.15) is 45.1 Å². The van der Waals surface area contributed by atoms with E-state index in [9.17, 15) is 0 Å². The van der Waals surface area contributed by atoms with E-state index in [0.717, 1.165) is 12.1 Å². The molecule has 110 valence electrons. The van der Waals surface area contributed by atoms with Crippen LogP contribution in [-0.2, 0) is 6.42 Å². The predicted molar refractivity (Wildman–Crippen MR) is 85.0 cm³/mol. The summed E-state index contributed by atoms with van der Waals surface area (Å²) in [5.74, 6) is 0. The Morgan fingerprint density at radius 2 is 1.85 bits per heavy atom. The quantitative estimate of drug-likeness (QED) is 0.855. The summed E-state index contributed by atoms with van der Waals surface area (Å²) >= 11 is 0. The summed E-state index contributed by atoms with van der Waals surface area (Å²) < 4.78 is 0. The largest absolute Gasteiger partial charge is 0.310 e. The maximum atomic E-state index is 3.79. The molecular formula is C18H28N2. The van der Waals surface area contributed by atoms with E-state index in [1.807, 2.05) is 0 Å². The Kier molecular flexibility index (Phi) is 4.13. The van der Waals surface area contributed by atoms with Gasteiger partial charge in [0.15, 0.2) is 0 Å². The predicted octanol–water partition coefficient (Wildman–Crippen LogP) is 3.22. The zero-order chi connectivity index (χ0) is 14.0. The van der Waals surface area contributed by atoms with Crippen LogP contribution >= 0.6 is 0 Å². The number of aryl methyl sites for hydroxylation is 1. The first-order valence-corrected chi connectivity index (χ1v) is 8.18. The van der Waals surface area contributed by atoms with E-state index < -0.39 is 0 Å². The average molecular weight is 272 g/mol. The third-order valence-corrected chi connectivity index (χ3v) is 4.96. The highest BCUT2D eigenvalue weighted by atomic mass is 15.2. The molecule has 1 saturated carbocycles. The van der Waals surface area contributed by atoms with Crippen LogP contribution in [0.4, 0.5) is 0 Å². The molecule has 2 nitrogen and oxygen atoms in total. The lowest BCUT2D eigenvalue weighted by molar-refractivity contribution is 0.140. The fraction of sp³-hybridized carbons (Fsp3) is 0.667. The molecule has 2 fully saturated rings. The average Bonchev–Trinajstić information content (AvgIpc) is 3.12. The number of likely N-dealkylation sites (tertiary alicyclic amines) is 1. The van der Waals surface area contributed by atoms with E-state index in [-0.39, 0.29) is 0 Å². The first kappa shape index (κ1) is 14.1. The van der Waals surface area contributed by atoms with Gasteiger partial charge in [-0.3, -0.25) is 4.90 Å². The fourth-order valence-electron chi connectivity index (χ4n) is 3.28. The first-order chi connectivity index (χ1) is 9.63. The number of nitrogens with one attached hydrogen (secondary N) is 1. The molecule has 1 aliphatic carbocycles. The van der Waals surface area contributed by atoms with Crippen molar-refractivity contribution < 1.29 is 0 Å². The molecule has 2 heteroatoms. The van der Waals surface area contributed by atoms with Crippen LogP contribution in [0.25, 0.3) is 0 Å². The molecule has 1 aliphatic heterocycles. The van der Waals surface area contributed by atoms with E-state index >= 15 is 0 Å². The molecule has 1 atom stereocenters. The van der Waals surface area contributed by atoms with Gasteiger partial charge in [-0.25, -0.2) is 0 Å². The zero-order valence-electron chi connectivity index (χ0n) is 12.9. The van der Waals surface area contributed by atoms with Crippen molar-refractivity contribution in [3.63, 3.8) is 0 Å². The lowest BCUT2D eigenvalue weighted by atomic mass is 9.93. The van der Waals surface area contributed by atoms with Gasteiger partial charge in [0.05, 0.1) is 0 Å². The van der Waals surface area contributed by atoms with Gasteiger partial charge in [-0.05, 0) is 51.5 Å². The normalized spacial score (nSPS) is 24.2. The maximum absolute atomic E-state index is 3.79. The number of nitrogens with zero attached hydrogens (tertiary/aromatic N) is 1. The van der Waals surface area contributed by atoms with Crippen molar-refractivity contribution in [1.82, 2.24) is 10.2 Å². The summed E-state index contributed by atoms with van der Waals surface area (Å²) in [4.78, 5) is 2.69. The highest BCUT2D eigenvalue weighted by Gasteiger charge is 2.35. The molecule has 0 bridgehead atoms. The van der Waals surface area contributed by atoms with Crippen molar-refractivity contribution in [3.05, 3.63) is 35.9 Å². The van der Waals surface area contributed by atoms with Gasteiger partial charge >= 0.3 is 0 Å². The Morgan fingerprint density at radius 1 is 1.10 bits per heavy atom. The highest BCUT2D eigenvalue weighted by molar-refractivity contribution is 5.15. The molecule has 3 rings (SSSR count). The summed E-state index contributed by atoms with van der Waals surface area (Å²) in [7, 11) is 0. The summed E-state index contributed by atoms with van der Waals surface area (Å²) in [6.45, 7) is 7.31. The van der Waals surface area contributed by atoms with Gasteiger partial charge in [-0.1, -0.05) is 30.3 Å². The Balaban J connectivity index is 1.49. The van der Waals surface area contributed by atoms with Crippen LogP contribution in [0.5, 0.6) is 0 Å². The van der Waals surface area contributed by atoms with E-state index in [0.29, 0.717) is 5.54 Å². The lowest BCUT2D eigenvalue weighted by Crippen LogP contribution is -2.44. The molecule has 1 N–H and O–H groups in total. The highest BCUT2D eigenvalue weighted by Crippen LogP contribution is 2.28. The van der Waals surface area contributed by atoms with Crippen LogP contribution in [-0.4, -0.2) is 35.6 Å². The molecule has 1 aromatic carbocycles. The molecule has 2 aliphatic rings. The van der Waals surface area contributed by atoms with Crippen LogP contribution < -0.4 is 5.32 Å². The van der Waals surface area contributed by atoms with Crippen LogP contribution in [0, 0.1) is 0 Å². The second-order valence-corrected chi connectivity index (χ2v) is 7.17. The van der Waals surface area contributed by atoms with Crippen LogP contribution in [0.15, 0.2) is 30.3 Å². The fourth-order valence-corrected chi connectivity index (χ4v) is 3.28. The minimum absolute atomic E-state index is 0.315. The third kappa shape index (κ3) is 3.62. The molecule has 20 heavy (non-hydrogen) atoms. The third-order valence-electron chi connectivity index (χ3n) is 4.96. The lowest BCUT2D eigenvalue weighted by Gasteiger charge is -2.36. The van der Waals surface area contributed by atoms with Crippen molar-refractivity contribution in [2.45, 2.75) is 63.6 Å². The minimum Gasteiger partial charge on any atom is -0.310 e. The van der Waals surface area contributed by atoms with Gasteiger partial charge in [0.2, 0.25) is 0 Å². The van der Waals surface area contributed by atoms with Crippen molar-refractivity contribution in [2.24, 2.45) is 0 Å². The van der Waals surface area contributed by atoms with Crippen molar-refractivity contribution in [1.29, 1.82) is 0 Å². The molecular weight excluding hydrogens is 244 g/mol. The summed E-state index contributed by atoms with van der Waals surface area (Å²) in [6.07, 6.45) is 6.55. The van der Waals surface area contributed by atoms with Gasteiger partial charge < -0.3 is 5.32 Å². The molecule has 0 amide bonds. The Morgan fingerprint density at radius 3 is 2.55 bits per heavy atom. The van der Waals surface area contributed by atoms with Gasteiger partial charge in [-0.2, -0.15) is 0 Å². The molecule has 0 radical (unpaired) electrons. The van der Waals surface area contributed by atoms with Crippen LogP contribution in [0.2, 0.25) is 0 Å². The monoisotopic (exact) mass is 272 g/mol. The molecule has 1 saturated heterocycles. The standard InChI is InChI=1S/C18H28N2/c1-18(2,12-10-15-6-4-3-5-7-15)20-13-11-17(14-20)19-16-8-9-16/h3-7,16-17,19H,8-14H2,1-2H3. The van der Waals surface area contributed by atoms with Crippen molar-refractivity contribution >= 4 is 0 Å². The van der Waals surface area contributed by atoms with Crippen molar-refractivity contribution in [2.75, 3.05) is 13.1 Å². The van der Waals surface area contributed by atoms with E-state index in [1.165, 1.54) is 50.8 Å². The maximum Gasteiger partial charge on any atom is 0.0209 e. The molecule has 0 aromatic heterocycles. The SMILES string of the molecule is CC(C)(CCc1ccccc1)N1CCC(NC2CC2)C1. The molecule has 0 spiro atoms. The Hall–Kier alpha value is -0.860. The number of hydrogen-bond donors (Lipinski definition) is 1. The van der Waals surface area contributed by atoms with Gasteiger partial charge in [0.1, 0.15) is 0 Å². The van der Waals surface area contributed by atoms with Gasteiger partial charge in [-0.15, -0.1) is 0 Å². The van der Waals surface area contributed by atoms with E-state index in [4.69, 9.17) is 0 Å². The summed E-state index contributed by atoms with van der Waals surface area (Å²) in [5.41, 5.74) is 1.78. The number of rotatable bonds is 6. The smallest absolute Gasteiger partial charge is 0.0209 e. The Bertz CT molecular complexity index is 422. The molecule has 1 aromatic rings. The topological polar surface area (TPSA) is 15.3 Å². The van der Waals surface area contributed by atoms with E-state index in [1.54, 1.807) is 0 Å². The van der Waals surface area contributed by atoms with Gasteiger partial charge in [0, 0.05) is 30.7 Å². The second-order valence-electron chi connectivity index (χ2n) is 7.17. The van der Waals surface area contributed by atoms with E-state index in [2.05, 4.69) is 54.4 Å². The summed E-state index contributed by atoms with van der Waals surface area (Å²) in [5, 5.41) is 3.79. The molecule has 1 unspecified atom stereocenters. The Labute approximate surface area is 123 Å². The first-order valence-electron chi connectivity index (χ1n) is 8.18.